The van der Waals surface area contributed by atoms with Crippen LogP contribution in [0.15, 0.2) is 101 Å². The van der Waals surface area contributed by atoms with Crippen molar-refractivity contribution in [1.82, 2.24) is 9.78 Å². The average Bonchev–Trinajstić information content (AvgIpc) is 3.31. The second-order valence-electron chi connectivity index (χ2n) is 7.53. The molecule has 7 heteroatoms. The molecule has 0 aliphatic rings. The Labute approximate surface area is 199 Å². The van der Waals surface area contributed by atoms with Gasteiger partial charge < -0.3 is 4.74 Å². The van der Waals surface area contributed by atoms with Crippen LogP contribution in [0.1, 0.15) is 18.9 Å². The molecule has 0 saturated carbocycles. The first-order valence-electron chi connectivity index (χ1n) is 10.8. The lowest BCUT2D eigenvalue weighted by molar-refractivity contribution is 0.317. The lowest BCUT2D eigenvalue weighted by atomic mass is 10.1. The smallest absolute Gasteiger partial charge is 0.216 e. The zero-order valence-corrected chi connectivity index (χ0v) is 19.4. The number of allylic oxidation sites excluding steroid dienone is 1. The number of hydrogen-bond donors (Lipinski definition) is 0. The summed E-state index contributed by atoms with van der Waals surface area (Å²) in [7, 11) is -3.99. The lowest BCUT2D eigenvalue weighted by Gasteiger charge is -2.07. The van der Waals surface area contributed by atoms with E-state index in [1.54, 1.807) is 29.1 Å². The van der Waals surface area contributed by atoms with Gasteiger partial charge in [-0.15, -0.1) is 0 Å². The topological polar surface area (TPSA) is 85.0 Å². The van der Waals surface area contributed by atoms with Crippen LogP contribution in [0.25, 0.3) is 23.0 Å². The molecule has 170 valence electrons. The van der Waals surface area contributed by atoms with E-state index in [9.17, 15) is 13.7 Å². The van der Waals surface area contributed by atoms with Crippen LogP contribution in [0.2, 0.25) is 0 Å². The number of benzene rings is 3. The van der Waals surface area contributed by atoms with Gasteiger partial charge in [0.2, 0.25) is 9.84 Å². The van der Waals surface area contributed by atoms with E-state index in [4.69, 9.17) is 9.84 Å². The van der Waals surface area contributed by atoms with Gasteiger partial charge in [0.15, 0.2) is 0 Å². The van der Waals surface area contributed by atoms with Gasteiger partial charge in [0, 0.05) is 17.3 Å². The highest BCUT2D eigenvalue weighted by molar-refractivity contribution is 7.95. The van der Waals surface area contributed by atoms with Crippen molar-refractivity contribution in [2.45, 2.75) is 18.2 Å². The molecular weight excluding hydrogens is 446 g/mol. The van der Waals surface area contributed by atoms with E-state index in [2.05, 4.69) is 0 Å². The number of para-hydroxylation sites is 1. The molecule has 0 aliphatic carbocycles. The highest BCUT2D eigenvalue weighted by atomic mass is 32.2. The lowest BCUT2D eigenvalue weighted by Crippen LogP contribution is -2.03. The summed E-state index contributed by atoms with van der Waals surface area (Å²) < 4.78 is 33.7. The molecule has 0 radical (unpaired) electrons. The van der Waals surface area contributed by atoms with E-state index >= 15 is 0 Å². The van der Waals surface area contributed by atoms with Gasteiger partial charge in [0.1, 0.15) is 22.4 Å². The SMILES string of the molecule is CCCOc1cccc(-c2nn(-c3ccccc3)cc2C=C(C#N)S(=O)(=O)c2ccccc2)c1. The number of ether oxygens (including phenoxy) is 1. The number of nitriles is 1. The summed E-state index contributed by atoms with van der Waals surface area (Å²) in [6, 6.07) is 26.8. The van der Waals surface area contributed by atoms with Crippen LogP contribution >= 0.6 is 0 Å². The molecule has 6 nitrogen and oxygen atoms in total. The molecule has 0 amide bonds. The zero-order valence-electron chi connectivity index (χ0n) is 18.6. The first-order valence-corrected chi connectivity index (χ1v) is 12.3. The average molecular weight is 470 g/mol. The predicted octanol–water partition coefficient (Wildman–Crippen LogP) is 5.67. The van der Waals surface area contributed by atoms with Gasteiger partial charge in [0.05, 0.1) is 17.2 Å². The van der Waals surface area contributed by atoms with E-state index in [1.165, 1.54) is 18.2 Å². The number of sulfone groups is 1. The van der Waals surface area contributed by atoms with Crippen molar-refractivity contribution in [3.63, 3.8) is 0 Å². The fourth-order valence-corrected chi connectivity index (χ4v) is 4.59. The molecule has 0 saturated heterocycles. The largest absolute Gasteiger partial charge is 0.494 e. The molecule has 4 aromatic rings. The fourth-order valence-electron chi connectivity index (χ4n) is 3.42. The van der Waals surface area contributed by atoms with Gasteiger partial charge in [-0.1, -0.05) is 55.5 Å². The van der Waals surface area contributed by atoms with Crippen LogP contribution in [0.4, 0.5) is 0 Å². The van der Waals surface area contributed by atoms with Crippen molar-refractivity contribution >= 4 is 15.9 Å². The van der Waals surface area contributed by atoms with E-state index in [0.717, 1.165) is 17.7 Å². The Morgan fingerprint density at radius 3 is 2.41 bits per heavy atom. The molecule has 1 aromatic heterocycles. The van der Waals surface area contributed by atoms with Crippen molar-refractivity contribution in [2.75, 3.05) is 6.61 Å². The minimum Gasteiger partial charge on any atom is -0.494 e. The molecule has 0 N–H and O–H groups in total. The summed E-state index contributed by atoms with van der Waals surface area (Å²) in [6.07, 6.45) is 3.98. The van der Waals surface area contributed by atoms with E-state index in [-0.39, 0.29) is 9.80 Å². The summed E-state index contributed by atoms with van der Waals surface area (Å²) in [5.74, 6) is 0.695. The Hall–Kier alpha value is -4.15. The van der Waals surface area contributed by atoms with Crippen LogP contribution in [-0.2, 0) is 9.84 Å². The van der Waals surface area contributed by atoms with Crippen LogP contribution in [0.5, 0.6) is 5.75 Å². The first-order chi connectivity index (χ1) is 16.5. The minimum absolute atomic E-state index is 0.0646. The van der Waals surface area contributed by atoms with Crippen molar-refractivity contribution in [3.05, 3.63) is 102 Å². The van der Waals surface area contributed by atoms with Crippen molar-refractivity contribution < 1.29 is 13.2 Å². The molecule has 0 atom stereocenters. The molecule has 34 heavy (non-hydrogen) atoms. The van der Waals surface area contributed by atoms with Gasteiger partial charge in [-0.3, -0.25) is 0 Å². The highest BCUT2D eigenvalue weighted by Gasteiger charge is 2.22. The molecule has 0 fully saturated rings. The maximum Gasteiger partial charge on any atom is 0.216 e. The van der Waals surface area contributed by atoms with Crippen molar-refractivity contribution in [2.24, 2.45) is 0 Å². The second-order valence-corrected chi connectivity index (χ2v) is 9.44. The molecule has 3 aromatic carbocycles. The summed E-state index contributed by atoms with van der Waals surface area (Å²) in [6.45, 7) is 2.62. The van der Waals surface area contributed by atoms with Gasteiger partial charge >= 0.3 is 0 Å². The fraction of sp³-hybridized carbons (Fsp3) is 0.111. The van der Waals surface area contributed by atoms with E-state index in [1.807, 2.05) is 67.6 Å². The van der Waals surface area contributed by atoms with Crippen molar-refractivity contribution in [3.8, 4) is 28.8 Å². The summed E-state index contributed by atoms with van der Waals surface area (Å²) >= 11 is 0. The van der Waals surface area contributed by atoms with Crippen molar-refractivity contribution in [1.29, 1.82) is 5.26 Å². The molecule has 0 aliphatic heterocycles. The van der Waals surface area contributed by atoms with Gasteiger partial charge in [0.25, 0.3) is 0 Å². The Balaban J connectivity index is 1.86. The number of hydrogen-bond acceptors (Lipinski definition) is 5. The Kier molecular flexibility index (Phi) is 6.90. The molecule has 0 spiro atoms. The summed E-state index contributed by atoms with van der Waals surface area (Å²) in [5, 5.41) is 14.5. The van der Waals surface area contributed by atoms with Gasteiger partial charge in [-0.2, -0.15) is 10.4 Å². The standard InChI is InChI=1S/C27H23N3O3S/c1-2-16-33-24-13-9-10-21(17-24)27-22(20-30(29-27)23-11-5-3-6-12-23)18-26(19-28)34(31,32)25-14-7-4-8-15-25/h3-15,17-18,20H,2,16H2,1H3. The molecule has 4 rings (SSSR count). The molecule has 0 bridgehead atoms. The Morgan fingerprint density at radius 1 is 1.03 bits per heavy atom. The molecule has 1 heterocycles. The van der Waals surface area contributed by atoms with Crippen LogP contribution in [-0.4, -0.2) is 24.8 Å². The van der Waals surface area contributed by atoms with E-state index < -0.39 is 9.84 Å². The van der Waals surface area contributed by atoms with Gasteiger partial charge in [-0.25, -0.2) is 13.1 Å². The third kappa shape index (κ3) is 4.92. The van der Waals surface area contributed by atoms with Gasteiger partial charge in [-0.05, 0) is 48.9 Å². The maximum atomic E-state index is 13.1. The first kappa shape index (κ1) is 23.0. The Morgan fingerprint density at radius 2 is 1.74 bits per heavy atom. The molecular formula is C27H23N3O3S. The number of rotatable bonds is 8. The maximum absolute atomic E-state index is 13.1. The third-order valence-corrected chi connectivity index (χ3v) is 6.76. The summed E-state index contributed by atoms with van der Waals surface area (Å²) in [4.78, 5) is -0.291. The quantitative estimate of drug-likeness (QED) is 0.311. The third-order valence-electron chi connectivity index (χ3n) is 5.08. The van der Waals surface area contributed by atoms with Crippen LogP contribution in [0, 0.1) is 11.3 Å². The monoisotopic (exact) mass is 469 g/mol. The van der Waals surface area contributed by atoms with E-state index in [0.29, 0.717) is 23.6 Å². The zero-order chi connectivity index (χ0) is 24.0. The van der Waals surface area contributed by atoms with Crippen LogP contribution < -0.4 is 4.74 Å². The number of aromatic nitrogens is 2. The summed E-state index contributed by atoms with van der Waals surface area (Å²) in [5.41, 5.74) is 2.62. The normalized spacial score (nSPS) is 11.7. The second kappa shape index (κ2) is 10.2. The Bertz CT molecular complexity index is 1450. The van der Waals surface area contributed by atoms with Crippen LogP contribution in [0.3, 0.4) is 0 Å². The minimum atomic E-state index is -3.99. The highest BCUT2D eigenvalue weighted by Crippen LogP contribution is 2.30. The molecule has 0 unspecified atom stereocenters. The predicted molar refractivity (Wildman–Crippen MR) is 132 cm³/mol. The number of nitrogens with zero attached hydrogens (tertiary/aromatic N) is 3.